The second-order valence-corrected chi connectivity index (χ2v) is 24.6. The van der Waals surface area contributed by atoms with Crippen LogP contribution >= 0.6 is 34.8 Å². The largest absolute Gasteiger partial charge is 1.00 e. The van der Waals surface area contributed by atoms with E-state index in [1.54, 1.807) is 0 Å². The number of nitrogens with zero attached hydrogens (tertiary/aromatic N) is 9. The van der Waals surface area contributed by atoms with Crippen LogP contribution in [0.25, 0.3) is 0 Å². The Balaban J connectivity index is 0.00000456. The number of hydrogen-bond acceptors (Lipinski definition) is 47. The van der Waals surface area contributed by atoms with Crippen molar-refractivity contribution in [1.82, 2.24) is 44.9 Å². The molecule has 24 rings (SSSR count). The Kier molecular flexibility index (Phi) is 32.4. The molecule has 0 spiro atoms. The Morgan fingerprint density at radius 2 is 0.413 bits per heavy atom. The van der Waals surface area contributed by atoms with E-state index in [1.165, 1.54) is 0 Å². The SMILES string of the molecule is [Na+].[Na+].[Na+].[O-]c1nc(Cl)nc(OC[C@H]2O[C@@H]3O[C@H]4[C@H](O)[C@@H](O)[C@@H](O[C@H]5[C@H](O)[C@@H](O)[C@@H](O[C@H]6[C@H](O)[C@@H](O)[C@@H](O[C@H]7[C@H](O)[C@@H](O)[C@@H](O[C@H]8[C@H](O)[C@@H](O)[C@@H](O[C@H]9[C@H](O)[C@@H](O)[C@@H](O[C@H]2[C@H](O)[C@H]3O)O[C@@H]9CO)O[C@@H]8COc2nc([O-])nc(Cl)n2)O[C@@H]7COc2nc([O-])nc(Cl)n2)O[C@@H]6CO)O[C@@H]5CO)O[C@@H]4CO)n1. The van der Waals surface area contributed by atoms with Crippen LogP contribution in [0.3, 0.4) is 0 Å². The molecule has 35 atom stereocenters. The third-order valence-electron chi connectivity index (χ3n) is 17.1. The Morgan fingerprint density at radius 1 is 0.250 bits per heavy atom. The topological polar surface area (TPSA) is 706 Å². The predicted octanol–water partition coefficient (Wildman–Crippen LogP) is -24.2. The molecule has 24 heterocycles. The van der Waals surface area contributed by atoms with Crippen molar-refractivity contribution in [3.05, 3.63) is 15.9 Å². The average molecular weight is 1590 g/mol. The summed E-state index contributed by atoms with van der Waals surface area (Å²) in [6.45, 7) is -7.54. The first-order valence-corrected chi connectivity index (χ1v) is 31.5. The predicted molar refractivity (Wildman–Crippen MR) is 297 cm³/mol. The monoisotopic (exact) mass is 1590 g/mol. The van der Waals surface area contributed by atoms with Gasteiger partial charge in [0.15, 0.2) is 44.0 Å². The van der Waals surface area contributed by atoms with E-state index < -0.39 is 313 Å². The first kappa shape index (κ1) is 88.0. The van der Waals surface area contributed by atoms with Crippen molar-refractivity contribution in [3.8, 4) is 36.1 Å². The molecule has 0 unspecified atom stereocenters. The summed E-state index contributed by atoms with van der Waals surface area (Å²) >= 11 is 17.6. The molecule has 0 saturated carbocycles. The molecule has 104 heavy (non-hydrogen) atoms. The molecule has 21 aliphatic rings. The molecular formula is C51H67Cl3N9Na3O38. The third kappa shape index (κ3) is 19.5. The van der Waals surface area contributed by atoms with Crippen molar-refractivity contribution in [2.75, 3.05) is 46.2 Å². The standard InChI is InChI=1S/C51H70Cl3N9O38.3Na/c52-43-55-46(82)61-49(58-43)85-5-12-33-19(72)26(79)40(92-12)97-31-10(3-66)89-37(23(76)16(31)69)95-29-8(1-64)88-36(22(75)15(29)68)96-30-9(2-65)90-38(24(77)17(30)70)100-34-13(6-86-50-59-44(53)56-47(83)62-50)94-42(28(81)21(34)74)101-35-14(7-87-51-60-45(54)57-48(84)63-51)93-41(27(80)20(35)73)98-32-11(4-67)91-39(99-33)25(78)18(32)71;;;/h8-42,64-81H,1-7H2,(H,55,58,61,82)(H,56,59,62,83)(H,57,60,63,84);;;/q;3*+1/p-3/t8-,9-,10-,11-,12-,13-,14-,15-,16-,17-,18-,19-,20-,21-,22-,23-,24-,25-,26-,27-,28-,29-,30-,31-,32-,33-,34-,35-,36-,37-,38-,39-,40-,41-,42-;;;/m1.../s1. The molecule has 0 aliphatic carbocycles. The van der Waals surface area contributed by atoms with Crippen LogP contribution in [0.2, 0.25) is 15.9 Å². The van der Waals surface area contributed by atoms with Gasteiger partial charge in [-0.05, 0) is 34.8 Å². The Morgan fingerprint density at radius 3 is 0.577 bits per heavy atom. The van der Waals surface area contributed by atoms with Crippen LogP contribution in [0.5, 0.6) is 36.1 Å². The van der Waals surface area contributed by atoms with E-state index in [-0.39, 0.29) is 88.7 Å². The van der Waals surface area contributed by atoms with Crippen molar-refractivity contribution in [3.63, 3.8) is 0 Å². The van der Waals surface area contributed by atoms with Crippen LogP contribution in [0.15, 0.2) is 0 Å². The molecule has 0 aromatic carbocycles. The maximum Gasteiger partial charge on any atom is 1.00 e. The van der Waals surface area contributed by atoms with Gasteiger partial charge in [0.2, 0.25) is 15.9 Å². The fourth-order valence-electron chi connectivity index (χ4n) is 12.0. The van der Waals surface area contributed by atoms with E-state index in [0.717, 1.165) is 0 Å². The summed E-state index contributed by atoms with van der Waals surface area (Å²) < 4.78 is 99.1. The summed E-state index contributed by atoms with van der Waals surface area (Å²) in [5, 5.41) is 242. The molecule has 18 N–H and O–H groups in total. The van der Waals surface area contributed by atoms with Crippen LogP contribution in [-0.4, -0.2) is 398 Å². The van der Waals surface area contributed by atoms with E-state index >= 15 is 0 Å². The molecule has 0 radical (unpaired) electrons. The fourth-order valence-corrected chi connectivity index (χ4v) is 12.4. The van der Waals surface area contributed by atoms with Gasteiger partial charge in [-0.3, -0.25) is 0 Å². The summed E-state index contributed by atoms with van der Waals surface area (Å²) in [5.74, 6) is 0. The van der Waals surface area contributed by atoms with Crippen LogP contribution in [0.4, 0.5) is 0 Å². The number of aliphatic hydroxyl groups is 18. The van der Waals surface area contributed by atoms with Gasteiger partial charge in [-0.1, -0.05) is 0 Å². The van der Waals surface area contributed by atoms with Crippen LogP contribution in [0.1, 0.15) is 0 Å². The normalized spacial score (nSPS) is 43.5. The van der Waals surface area contributed by atoms with Gasteiger partial charge in [0.1, 0.15) is 191 Å². The molecule has 47 nitrogen and oxygen atoms in total. The molecule has 3 aromatic rings. The van der Waals surface area contributed by atoms with Gasteiger partial charge in [0.05, 0.1) is 44.5 Å². The minimum atomic E-state index is -2.42. The zero-order valence-electron chi connectivity index (χ0n) is 54.0. The van der Waals surface area contributed by atoms with Gasteiger partial charge in [-0.25, -0.2) is 15.0 Å². The van der Waals surface area contributed by atoms with Crippen molar-refractivity contribution in [2.45, 2.75) is 215 Å². The van der Waals surface area contributed by atoms with Crippen molar-refractivity contribution >= 4 is 34.8 Å². The molecular weight excluding hydrogens is 1520 g/mol. The molecule has 21 aliphatic heterocycles. The molecule has 568 valence electrons. The molecule has 21 saturated heterocycles. The second-order valence-electron chi connectivity index (χ2n) is 23.5. The Bertz CT molecular complexity index is 3160. The number of aromatic nitrogens is 9. The minimum absolute atomic E-state index is 0. The van der Waals surface area contributed by atoms with E-state index in [2.05, 4.69) is 44.9 Å². The zero-order valence-corrected chi connectivity index (χ0v) is 62.3. The quantitative estimate of drug-likeness (QED) is 0.0707. The first-order valence-electron chi connectivity index (χ1n) is 30.4. The third-order valence-corrected chi connectivity index (χ3v) is 17.6. The number of hydrogen-bond donors (Lipinski definition) is 18. The fraction of sp³-hybridized carbons (Fsp3) is 0.824. The average Bonchev–Trinajstić information content (AvgIpc) is 0.777. The van der Waals surface area contributed by atoms with Gasteiger partial charge in [0, 0.05) is 0 Å². The number of halogens is 3. The van der Waals surface area contributed by atoms with Crippen molar-refractivity contribution in [1.29, 1.82) is 0 Å². The van der Waals surface area contributed by atoms with E-state index in [0.29, 0.717) is 0 Å². The van der Waals surface area contributed by atoms with Gasteiger partial charge >= 0.3 is 107 Å². The van der Waals surface area contributed by atoms with Gasteiger partial charge < -0.3 is 188 Å². The summed E-state index contributed by atoms with van der Waals surface area (Å²) in [6, 6.07) is -6.01. The van der Waals surface area contributed by atoms with E-state index in [4.69, 9.17) is 115 Å². The summed E-state index contributed by atoms with van der Waals surface area (Å²) in [7, 11) is 0. The minimum Gasteiger partial charge on any atom is -0.844 e. The molecule has 14 bridgehead atoms. The summed E-state index contributed by atoms with van der Waals surface area (Å²) in [4.78, 5) is 31.3. The summed E-state index contributed by atoms with van der Waals surface area (Å²) in [6.07, 6.45) is -76.1. The van der Waals surface area contributed by atoms with Gasteiger partial charge in [0.25, 0.3) is 0 Å². The number of aliphatic hydroxyl groups excluding tert-OH is 18. The maximum absolute atomic E-state index is 12.3. The van der Waals surface area contributed by atoms with Crippen LogP contribution in [-0.2, 0) is 66.3 Å². The van der Waals surface area contributed by atoms with Gasteiger partial charge in [-0.2, -0.15) is 29.9 Å². The second kappa shape index (κ2) is 38.3. The van der Waals surface area contributed by atoms with E-state index in [1.807, 2.05) is 0 Å². The molecule has 3 aromatic heterocycles. The van der Waals surface area contributed by atoms with Gasteiger partial charge in [-0.15, -0.1) is 0 Å². The summed E-state index contributed by atoms with van der Waals surface area (Å²) in [5.41, 5.74) is 0. The number of rotatable bonds is 13. The maximum atomic E-state index is 12.3. The first-order chi connectivity index (χ1) is 48.1. The molecule has 0 amide bonds. The van der Waals surface area contributed by atoms with Crippen LogP contribution in [0, 0.1) is 0 Å². The Hall–Kier alpha value is -1.58. The smallest absolute Gasteiger partial charge is 0.844 e. The number of ether oxygens (including phenoxy) is 17. The van der Waals surface area contributed by atoms with Crippen molar-refractivity contribution in [2.24, 2.45) is 0 Å². The molecule has 53 heteroatoms. The van der Waals surface area contributed by atoms with E-state index in [9.17, 15) is 107 Å². The molecule has 21 fully saturated rings. The van der Waals surface area contributed by atoms with Crippen LogP contribution < -0.4 is 118 Å². The zero-order chi connectivity index (χ0) is 72.7. The Labute approximate surface area is 664 Å². The van der Waals surface area contributed by atoms with Crippen molar-refractivity contribution < 1.29 is 276 Å².